The number of para-hydroxylation sites is 2. The molecule has 0 aliphatic rings. The number of rotatable bonds is 3. The molecular formula is C20H16N2O. The average molecular weight is 300 g/mol. The highest BCUT2D eigenvalue weighted by molar-refractivity contribution is 5.85. The third kappa shape index (κ3) is 2.53. The summed E-state index contributed by atoms with van der Waals surface area (Å²) in [6.45, 7) is 0. The second kappa shape index (κ2) is 5.54. The lowest BCUT2D eigenvalue weighted by Gasteiger charge is -2.22. The van der Waals surface area contributed by atoms with Crippen LogP contribution in [0.3, 0.4) is 0 Å². The van der Waals surface area contributed by atoms with Crippen molar-refractivity contribution in [2.24, 2.45) is 0 Å². The van der Waals surface area contributed by atoms with E-state index in [2.05, 4.69) is 17.0 Å². The number of furan rings is 1. The van der Waals surface area contributed by atoms with Crippen molar-refractivity contribution < 1.29 is 4.42 Å². The van der Waals surface area contributed by atoms with Crippen molar-refractivity contribution in [3.63, 3.8) is 0 Å². The van der Waals surface area contributed by atoms with E-state index in [0.29, 0.717) is 0 Å². The van der Waals surface area contributed by atoms with Gasteiger partial charge in [-0.2, -0.15) is 0 Å². The first-order chi connectivity index (χ1) is 11.3. The highest BCUT2D eigenvalue weighted by Gasteiger charge is 2.16. The van der Waals surface area contributed by atoms with Gasteiger partial charge in [0.1, 0.15) is 5.58 Å². The topological polar surface area (TPSA) is 42.4 Å². The van der Waals surface area contributed by atoms with Crippen LogP contribution in [0.5, 0.6) is 0 Å². The summed E-state index contributed by atoms with van der Waals surface area (Å²) >= 11 is 0. The number of benzene rings is 3. The second-order valence-electron chi connectivity index (χ2n) is 5.39. The van der Waals surface area contributed by atoms with Crippen LogP contribution in [0.4, 0.5) is 22.9 Å². The Kier molecular flexibility index (Phi) is 3.24. The Hall–Kier alpha value is -3.20. The van der Waals surface area contributed by atoms with Gasteiger partial charge in [-0.25, -0.2) is 0 Å². The third-order valence-electron chi connectivity index (χ3n) is 3.78. The van der Waals surface area contributed by atoms with E-state index in [0.717, 1.165) is 33.9 Å². The minimum absolute atomic E-state index is 0.722. The van der Waals surface area contributed by atoms with Gasteiger partial charge in [0.2, 0.25) is 5.88 Å². The van der Waals surface area contributed by atoms with Gasteiger partial charge in [0.05, 0.1) is 5.69 Å². The number of hydrogen-bond acceptors (Lipinski definition) is 3. The first-order valence-corrected chi connectivity index (χ1v) is 7.50. The van der Waals surface area contributed by atoms with Gasteiger partial charge in [0.25, 0.3) is 0 Å². The molecule has 0 saturated carbocycles. The molecule has 1 aromatic heterocycles. The quantitative estimate of drug-likeness (QED) is 0.509. The zero-order valence-corrected chi connectivity index (χ0v) is 12.5. The van der Waals surface area contributed by atoms with Crippen molar-refractivity contribution in [1.82, 2.24) is 0 Å². The van der Waals surface area contributed by atoms with E-state index in [1.807, 2.05) is 72.8 Å². The van der Waals surface area contributed by atoms with Gasteiger partial charge in [-0.1, -0.05) is 42.5 Å². The maximum absolute atomic E-state index is 6.06. The van der Waals surface area contributed by atoms with Gasteiger partial charge < -0.3 is 10.2 Å². The Bertz CT molecular complexity index is 911. The Morgan fingerprint density at radius 1 is 0.696 bits per heavy atom. The first kappa shape index (κ1) is 13.5. The number of anilines is 4. The molecule has 0 aliphatic carbocycles. The van der Waals surface area contributed by atoms with E-state index in [4.69, 9.17) is 10.2 Å². The molecule has 0 atom stereocenters. The van der Waals surface area contributed by atoms with E-state index in [9.17, 15) is 0 Å². The van der Waals surface area contributed by atoms with Gasteiger partial charge in [-0.3, -0.25) is 4.90 Å². The average Bonchev–Trinajstić information content (AvgIpc) is 2.99. The molecule has 3 aromatic carbocycles. The molecule has 0 unspecified atom stereocenters. The normalized spacial score (nSPS) is 10.8. The standard InChI is InChI=1S/C20H16N2O/c21-16-8-6-11-18(14-16)22(17-9-2-1-3-10-17)20-13-15-7-4-5-12-19(15)23-20/h1-14H,21H2. The molecule has 0 saturated heterocycles. The van der Waals surface area contributed by atoms with Crippen LogP contribution in [-0.4, -0.2) is 0 Å². The molecule has 23 heavy (non-hydrogen) atoms. The monoisotopic (exact) mass is 300 g/mol. The van der Waals surface area contributed by atoms with Crippen LogP contribution in [0.2, 0.25) is 0 Å². The summed E-state index contributed by atoms with van der Waals surface area (Å²) in [6, 6.07) is 28.0. The van der Waals surface area contributed by atoms with Crippen molar-refractivity contribution >= 4 is 33.9 Å². The molecule has 2 N–H and O–H groups in total. The molecule has 4 rings (SSSR count). The van der Waals surface area contributed by atoms with Gasteiger partial charge in [0.15, 0.2) is 0 Å². The Labute approximate surface area is 134 Å². The highest BCUT2D eigenvalue weighted by Crippen LogP contribution is 2.37. The van der Waals surface area contributed by atoms with Crippen molar-refractivity contribution in [1.29, 1.82) is 0 Å². The molecule has 0 bridgehead atoms. The summed E-state index contributed by atoms with van der Waals surface area (Å²) < 4.78 is 6.06. The maximum atomic E-state index is 6.06. The lowest BCUT2D eigenvalue weighted by Crippen LogP contribution is -2.09. The van der Waals surface area contributed by atoms with Gasteiger partial charge in [-0.15, -0.1) is 0 Å². The zero-order chi connectivity index (χ0) is 15.6. The molecule has 3 heteroatoms. The predicted molar refractivity (Wildman–Crippen MR) is 95.3 cm³/mol. The molecule has 0 amide bonds. The van der Waals surface area contributed by atoms with E-state index in [-0.39, 0.29) is 0 Å². The fourth-order valence-electron chi connectivity index (χ4n) is 2.72. The summed E-state index contributed by atoms with van der Waals surface area (Å²) in [6.07, 6.45) is 0. The SMILES string of the molecule is Nc1cccc(N(c2ccccc2)c2cc3ccccc3o2)c1. The van der Waals surface area contributed by atoms with Crippen LogP contribution in [0.1, 0.15) is 0 Å². The summed E-state index contributed by atoms with van der Waals surface area (Å²) in [4.78, 5) is 2.07. The van der Waals surface area contributed by atoms with Crippen LogP contribution in [0.15, 0.2) is 89.3 Å². The minimum Gasteiger partial charge on any atom is -0.440 e. The van der Waals surface area contributed by atoms with Gasteiger partial charge >= 0.3 is 0 Å². The van der Waals surface area contributed by atoms with Crippen molar-refractivity contribution in [2.75, 3.05) is 10.6 Å². The first-order valence-electron chi connectivity index (χ1n) is 7.50. The van der Waals surface area contributed by atoms with Crippen molar-refractivity contribution in [3.8, 4) is 0 Å². The van der Waals surface area contributed by atoms with Crippen molar-refractivity contribution in [3.05, 3.63) is 84.9 Å². The minimum atomic E-state index is 0.722. The molecule has 3 nitrogen and oxygen atoms in total. The molecular weight excluding hydrogens is 284 g/mol. The smallest absolute Gasteiger partial charge is 0.205 e. The van der Waals surface area contributed by atoms with Gasteiger partial charge in [0, 0.05) is 22.8 Å². The Morgan fingerprint density at radius 3 is 2.22 bits per heavy atom. The summed E-state index contributed by atoms with van der Waals surface area (Å²) in [5.41, 5.74) is 9.55. The van der Waals surface area contributed by atoms with Crippen LogP contribution < -0.4 is 10.6 Å². The van der Waals surface area contributed by atoms with E-state index < -0.39 is 0 Å². The largest absolute Gasteiger partial charge is 0.440 e. The van der Waals surface area contributed by atoms with E-state index >= 15 is 0 Å². The fraction of sp³-hybridized carbons (Fsp3) is 0. The molecule has 4 aromatic rings. The third-order valence-corrected chi connectivity index (χ3v) is 3.78. The molecule has 0 spiro atoms. The Balaban J connectivity index is 1.91. The van der Waals surface area contributed by atoms with Crippen LogP contribution in [-0.2, 0) is 0 Å². The Morgan fingerprint density at radius 2 is 1.43 bits per heavy atom. The van der Waals surface area contributed by atoms with Crippen LogP contribution in [0.25, 0.3) is 11.0 Å². The molecule has 0 aliphatic heterocycles. The summed E-state index contributed by atoms with van der Waals surface area (Å²) in [5.74, 6) is 0.767. The summed E-state index contributed by atoms with van der Waals surface area (Å²) in [5, 5.41) is 1.08. The zero-order valence-electron chi connectivity index (χ0n) is 12.5. The molecule has 112 valence electrons. The lowest BCUT2D eigenvalue weighted by atomic mass is 10.2. The number of nitrogens with two attached hydrogens (primary N) is 1. The second-order valence-corrected chi connectivity index (χ2v) is 5.39. The number of fused-ring (bicyclic) bond motifs is 1. The van der Waals surface area contributed by atoms with E-state index in [1.54, 1.807) is 0 Å². The van der Waals surface area contributed by atoms with Gasteiger partial charge in [-0.05, 0) is 36.4 Å². The number of hydrogen-bond donors (Lipinski definition) is 1. The van der Waals surface area contributed by atoms with Crippen LogP contribution in [0, 0.1) is 0 Å². The van der Waals surface area contributed by atoms with Crippen LogP contribution >= 0.6 is 0 Å². The van der Waals surface area contributed by atoms with E-state index in [1.165, 1.54) is 0 Å². The predicted octanol–water partition coefficient (Wildman–Crippen LogP) is 5.48. The molecule has 0 radical (unpaired) electrons. The number of nitrogen functional groups attached to an aromatic ring is 1. The summed E-state index contributed by atoms with van der Waals surface area (Å²) in [7, 11) is 0. The fourth-order valence-corrected chi connectivity index (χ4v) is 2.72. The lowest BCUT2D eigenvalue weighted by molar-refractivity contribution is 0.621. The van der Waals surface area contributed by atoms with Crippen molar-refractivity contribution in [2.45, 2.75) is 0 Å². The maximum Gasteiger partial charge on any atom is 0.205 e. The highest BCUT2D eigenvalue weighted by atomic mass is 16.4. The number of nitrogens with zero attached hydrogens (tertiary/aromatic N) is 1. The molecule has 0 fully saturated rings. The molecule has 1 heterocycles.